The Labute approximate surface area is 125 Å². The van der Waals surface area contributed by atoms with E-state index >= 15 is 0 Å². The van der Waals surface area contributed by atoms with Crippen LogP contribution in [-0.4, -0.2) is 18.0 Å². The van der Waals surface area contributed by atoms with Crippen molar-refractivity contribution < 1.29 is 64.4 Å². The number of aromatic amines is 1. The molecule has 1 rings (SSSR count). The van der Waals surface area contributed by atoms with Crippen molar-refractivity contribution in [2.45, 2.75) is 4.90 Å². The Balaban J connectivity index is 0.00000144. The molecule has 8 heteroatoms. The molecule has 0 aromatic carbocycles. The van der Waals surface area contributed by atoms with Gasteiger partial charge in [0.25, 0.3) is 5.56 Å². The summed E-state index contributed by atoms with van der Waals surface area (Å²) in [5.74, 6) is 0. The maximum absolute atomic E-state index is 10.7. The van der Waals surface area contributed by atoms with Gasteiger partial charge in [-0.25, -0.2) is 8.42 Å². The molecule has 0 saturated heterocycles. The average molecular weight is 292 g/mol. The van der Waals surface area contributed by atoms with Gasteiger partial charge in [-0.2, -0.15) is 0 Å². The molecule has 0 aliphatic carbocycles. The minimum absolute atomic E-state index is 0. The van der Waals surface area contributed by atoms with E-state index in [9.17, 15) is 17.8 Å². The summed E-state index contributed by atoms with van der Waals surface area (Å²) in [5.41, 5.74) is -0.484. The molecule has 0 aliphatic rings. The summed E-state index contributed by atoms with van der Waals surface area (Å²) in [6.07, 6.45) is 0.857. The minimum Gasteiger partial charge on any atom is -0.744 e. The van der Waals surface area contributed by atoms with Crippen molar-refractivity contribution in [2.24, 2.45) is 0 Å². The van der Waals surface area contributed by atoms with Gasteiger partial charge in [-0.3, -0.25) is 4.79 Å². The van der Waals surface area contributed by atoms with Crippen molar-refractivity contribution in [3.05, 3.63) is 27.1 Å². The van der Waals surface area contributed by atoms with E-state index in [4.69, 9.17) is 0 Å². The summed E-state index contributed by atoms with van der Waals surface area (Å²) in [6.45, 7) is 0. The fourth-order valence-corrected chi connectivity index (χ4v) is 1.56. The summed E-state index contributed by atoms with van der Waals surface area (Å²) < 4.78 is 31.2. The molecule has 0 saturated carbocycles. The van der Waals surface area contributed by atoms with E-state index in [1.165, 1.54) is 0 Å². The first-order valence-electron chi connectivity index (χ1n) is 2.75. The van der Waals surface area contributed by atoms with Crippen molar-refractivity contribution in [2.75, 3.05) is 0 Å². The van der Waals surface area contributed by atoms with Crippen LogP contribution in [0.3, 0.4) is 0 Å². The van der Waals surface area contributed by atoms with Gasteiger partial charge < -0.3 is 9.54 Å². The van der Waals surface area contributed by atoms with Gasteiger partial charge in [-0.15, -0.1) is 0 Å². The van der Waals surface area contributed by atoms with Gasteiger partial charge in [0.05, 0.1) is 9.37 Å². The van der Waals surface area contributed by atoms with Crippen LogP contribution >= 0.6 is 15.9 Å². The van der Waals surface area contributed by atoms with Gasteiger partial charge in [0.2, 0.25) is 0 Å². The summed E-state index contributed by atoms with van der Waals surface area (Å²) >= 11 is 2.79. The molecule has 1 aromatic heterocycles. The number of pyridine rings is 1. The third-order valence-electron chi connectivity index (χ3n) is 1.12. The molecule has 0 fully saturated rings. The Morgan fingerprint density at radius 1 is 1.46 bits per heavy atom. The largest absolute Gasteiger partial charge is 1.00 e. The van der Waals surface area contributed by atoms with E-state index < -0.39 is 20.6 Å². The second kappa shape index (κ2) is 5.17. The molecular formula is C5H3BrKNO4S. The second-order valence-electron chi connectivity index (χ2n) is 1.97. The summed E-state index contributed by atoms with van der Waals surface area (Å²) in [5, 5.41) is 0. The molecule has 1 aromatic rings. The van der Waals surface area contributed by atoms with Gasteiger partial charge in [0, 0.05) is 6.20 Å². The molecule has 5 nitrogen and oxygen atoms in total. The fourth-order valence-electron chi connectivity index (χ4n) is 0.582. The Bertz CT molecular complexity index is 454. The molecule has 0 aliphatic heterocycles. The van der Waals surface area contributed by atoms with Crippen molar-refractivity contribution in [3.63, 3.8) is 0 Å². The molecule has 0 radical (unpaired) electrons. The van der Waals surface area contributed by atoms with E-state index in [0.717, 1.165) is 12.3 Å². The van der Waals surface area contributed by atoms with Gasteiger partial charge in [0.1, 0.15) is 10.1 Å². The molecule has 0 atom stereocenters. The average Bonchev–Trinajstić information content (AvgIpc) is 1.92. The van der Waals surface area contributed by atoms with E-state index in [0.29, 0.717) is 0 Å². The number of aromatic nitrogens is 1. The van der Waals surface area contributed by atoms with Crippen LogP contribution in [0.25, 0.3) is 0 Å². The van der Waals surface area contributed by atoms with E-state index in [1.807, 2.05) is 0 Å². The first-order chi connectivity index (χ1) is 5.41. The number of H-pyrrole nitrogens is 1. The summed E-state index contributed by atoms with van der Waals surface area (Å²) in [4.78, 5) is 12.3. The maximum Gasteiger partial charge on any atom is 1.00 e. The molecule has 1 N–H and O–H groups in total. The SMILES string of the molecule is O=c1[nH]cc(S(=O)(=O)[O-])cc1Br.[K+]. The minimum atomic E-state index is -4.49. The van der Waals surface area contributed by atoms with Gasteiger partial charge in [-0.1, -0.05) is 0 Å². The molecule has 0 spiro atoms. The first-order valence-corrected chi connectivity index (χ1v) is 4.95. The van der Waals surface area contributed by atoms with Crippen molar-refractivity contribution in [1.29, 1.82) is 0 Å². The summed E-state index contributed by atoms with van der Waals surface area (Å²) in [7, 11) is -4.49. The normalized spacial score (nSPS) is 10.6. The van der Waals surface area contributed by atoms with Crippen molar-refractivity contribution >= 4 is 26.0 Å². The standard InChI is InChI=1S/C5H4BrNO4S.K/c6-4-1-3(12(9,10)11)2-7-5(4)8;/h1-2H,(H,7,8)(H,9,10,11);/q;+1/p-1. The number of hydrogen-bond acceptors (Lipinski definition) is 4. The van der Waals surface area contributed by atoms with Crippen molar-refractivity contribution in [3.8, 4) is 0 Å². The first kappa shape index (κ1) is 14.0. The number of halogens is 1. The number of nitrogens with one attached hydrogen (secondary N) is 1. The molecule has 1 heterocycles. The third-order valence-corrected chi connectivity index (χ3v) is 2.52. The van der Waals surface area contributed by atoms with Gasteiger partial charge in [-0.05, 0) is 22.0 Å². The predicted octanol–water partition coefficient (Wildman–Crippen LogP) is -2.95. The van der Waals surface area contributed by atoms with Gasteiger partial charge in [0.15, 0.2) is 0 Å². The van der Waals surface area contributed by atoms with Crippen LogP contribution in [0.1, 0.15) is 0 Å². The second-order valence-corrected chi connectivity index (χ2v) is 4.20. The number of hydrogen-bond donors (Lipinski definition) is 1. The van der Waals surface area contributed by atoms with Crippen LogP contribution in [-0.2, 0) is 10.1 Å². The quantitative estimate of drug-likeness (QED) is 0.442. The van der Waals surface area contributed by atoms with Crippen LogP contribution in [0.5, 0.6) is 0 Å². The number of rotatable bonds is 1. The smallest absolute Gasteiger partial charge is 0.744 e. The maximum atomic E-state index is 10.7. The predicted molar refractivity (Wildman–Crippen MR) is 42.7 cm³/mol. The van der Waals surface area contributed by atoms with E-state index in [2.05, 4.69) is 20.9 Å². The fraction of sp³-hybridized carbons (Fsp3) is 0. The monoisotopic (exact) mass is 291 g/mol. The molecule has 13 heavy (non-hydrogen) atoms. The van der Waals surface area contributed by atoms with Crippen LogP contribution in [0, 0.1) is 0 Å². The van der Waals surface area contributed by atoms with E-state index in [1.54, 1.807) is 0 Å². The molecular weight excluding hydrogens is 289 g/mol. The zero-order chi connectivity index (χ0) is 9.35. The Kier molecular flexibility index (Phi) is 5.56. The topological polar surface area (TPSA) is 90.1 Å². The molecule has 66 valence electrons. The van der Waals surface area contributed by atoms with Gasteiger partial charge >= 0.3 is 51.4 Å². The summed E-state index contributed by atoms with van der Waals surface area (Å²) in [6, 6.07) is 0.959. The zero-order valence-corrected chi connectivity index (χ0v) is 12.1. The molecule has 0 unspecified atom stereocenters. The van der Waals surface area contributed by atoms with Crippen molar-refractivity contribution in [1.82, 2.24) is 4.98 Å². The van der Waals surface area contributed by atoms with Crippen LogP contribution < -0.4 is 56.9 Å². The Morgan fingerprint density at radius 3 is 2.38 bits per heavy atom. The van der Waals surface area contributed by atoms with Crippen LogP contribution in [0.4, 0.5) is 0 Å². The van der Waals surface area contributed by atoms with Crippen LogP contribution in [0.2, 0.25) is 0 Å². The Morgan fingerprint density at radius 2 is 2.00 bits per heavy atom. The molecule has 0 amide bonds. The van der Waals surface area contributed by atoms with Crippen LogP contribution in [0.15, 0.2) is 26.4 Å². The molecule has 0 bridgehead atoms. The van der Waals surface area contributed by atoms with E-state index in [-0.39, 0.29) is 55.9 Å². The third kappa shape index (κ3) is 3.92. The Hall–Kier alpha value is 0.976. The zero-order valence-electron chi connectivity index (χ0n) is 6.57.